The van der Waals surface area contributed by atoms with Crippen LogP contribution in [0.25, 0.3) is 0 Å². The number of fused-ring (bicyclic) bond motifs is 3. The van der Waals surface area contributed by atoms with E-state index in [1.54, 1.807) is 12.0 Å². The lowest BCUT2D eigenvalue weighted by Crippen LogP contribution is -2.62. The van der Waals surface area contributed by atoms with Crippen molar-refractivity contribution in [3.63, 3.8) is 0 Å². The molecule has 1 spiro atoms. The van der Waals surface area contributed by atoms with Crippen molar-refractivity contribution in [1.82, 2.24) is 15.5 Å². The molecule has 2 bridgehead atoms. The van der Waals surface area contributed by atoms with Gasteiger partial charge in [-0.2, -0.15) is 0 Å². The first-order valence-electron chi connectivity index (χ1n) is 20.3. The van der Waals surface area contributed by atoms with Gasteiger partial charge in [0.25, 0.3) is 0 Å². The minimum Gasteiger partial charge on any atom is -0.464 e. The Labute approximate surface area is 315 Å². The van der Waals surface area contributed by atoms with E-state index in [1.165, 1.54) is 5.57 Å². The maximum atomic E-state index is 14.1. The number of nitrogens with one attached hydrogen (secondary N) is 2. The molecule has 0 unspecified atom stereocenters. The molecule has 12 heteroatoms. The average molecular weight is 742 g/mol. The van der Waals surface area contributed by atoms with Crippen LogP contribution in [0.1, 0.15) is 125 Å². The summed E-state index contributed by atoms with van der Waals surface area (Å²) in [5, 5.41) is 6.53. The van der Waals surface area contributed by atoms with Crippen molar-refractivity contribution in [1.29, 1.82) is 0 Å². The van der Waals surface area contributed by atoms with E-state index >= 15 is 0 Å². The summed E-state index contributed by atoms with van der Waals surface area (Å²) in [6.45, 7) is 11.7. The van der Waals surface area contributed by atoms with E-state index in [1.807, 2.05) is 13.8 Å². The molecule has 3 saturated heterocycles. The zero-order chi connectivity index (χ0) is 38.2. The first-order valence-corrected chi connectivity index (χ1v) is 20.3. The molecule has 0 aromatic carbocycles. The molecular formula is C41H63N3O9. The van der Waals surface area contributed by atoms with Crippen LogP contribution in [0.2, 0.25) is 0 Å². The smallest absolute Gasteiger partial charge is 0.328 e. The van der Waals surface area contributed by atoms with Crippen LogP contribution in [0.3, 0.4) is 0 Å². The van der Waals surface area contributed by atoms with Crippen molar-refractivity contribution in [2.45, 2.75) is 160 Å². The fourth-order valence-corrected chi connectivity index (χ4v) is 10.0. The SMILES string of the molecule is CO[C@@H]1[C@H](NC(=O)C23CCC(C(=O)NCCCOC(=O)[C@H]4CCCN4C(=O)CCC(=O)C(C)C)(CC2)CC3)CC[C@]2(CO2)[C@H]1[C@]1(C)O[C@@H]1CC=C(C)C. The van der Waals surface area contributed by atoms with Crippen molar-refractivity contribution >= 4 is 29.5 Å². The number of allylic oxidation sites excluding steroid dienone is 1. The zero-order valence-electron chi connectivity index (χ0n) is 32.9. The van der Waals surface area contributed by atoms with Crippen LogP contribution in [0.5, 0.6) is 0 Å². The third-order valence-corrected chi connectivity index (χ3v) is 13.7. The quantitative estimate of drug-likeness (QED) is 0.100. The Morgan fingerprint density at radius 2 is 1.60 bits per heavy atom. The largest absolute Gasteiger partial charge is 0.464 e. The highest BCUT2D eigenvalue weighted by atomic mass is 16.6. The average Bonchev–Trinajstić information content (AvgIpc) is 4.00. The highest BCUT2D eigenvalue weighted by Gasteiger charge is 2.72. The number of epoxide rings is 2. The van der Waals surface area contributed by atoms with Gasteiger partial charge in [-0.15, -0.1) is 0 Å². The van der Waals surface area contributed by atoms with Crippen molar-refractivity contribution in [3.8, 4) is 0 Å². The Morgan fingerprint density at radius 1 is 0.943 bits per heavy atom. The molecule has 3 aliphatic heterocycles. The van der Waals surface area contributed by atoms with Gasteiger partial charge in [0.2, 0.25) is 17.7 Å². The molecule has 7 atom stereocenters. The number of amides is 3. The number of hydrogen-bond donors (Lipinski definition) is 2. The number of hydrogen-bond acceptors (Lipinski definition) is 9. The summed E-state index contributed by atoms with van der Waals surface area (Å²) in [5.41, 5.74) is -0.275. The number of ether oxygens (including phenoxy) is 4. The minimum absolute atomic E-state index is 0.0192. The lowest BCUT2D eigenvalue weighted by molar-refractivity contribution is -0.154. The number of methoxy groups -OCH3 is 1. The van der Waals surface area contributed by atoms with Crippen LogP contribution in [-0.4, -0.2) is 103 Å². The normalized spacial score (nSPS) is 37.0. The summed E-state index contributed by atoms with van der Waals surface area (Å²) < 4.78 is 24.2. The molecule has 0 aromatic rings. The number of carbonyl (C=O) groups is 5. The van der Waals surface area contributed by atoms with Gasteiger partial charge in [-0.05, 0) is 97.8 Å². The van der Waals surface area contributed by atoms with Crippen molar-refractivity contribution in [2.75, 3.05) is 33.4 Å². The number of esters is 1. The van der Waals surface area contributed by atoms with E-state index < -0.39 is 22.8 Å². The lowest BCUT2D eigenvalue weighted by Gasteiger charge is -2.52. The topological polar surface area (TPSA) is 156 Å². The van der Waals surface area contributed by atoms with Gasteiger partial charge in [-0.25, -0.2) is 4.79 Å². The Bertz CT molecular complexity index is 1430. The summed E-state index contributed by atoms with van der Waals surface area (Å²) in [7, 11) is 1.73. The Balaban J connectivity index is 0.938. The van der Waals surface area contributed by atoms with Crippen LogP contribution in [-0.2, 0) is 42.9 Å². The van der Waals surface area contributed by atoms with E-state index in [4.69, 9.17) is 18.9 Å². The third kappa shape index (κ3) is 8.11. The summed E-state index contributed by atoms with van der Waals surface area (Å²) >= 11 is 0. The second-order valence-corrected chi connectivity index (χ2v) is 17.7. The predicted octanol–water partition coefficient (Wildman–Crippen LogP) is 4.57. The van der Waals surface area contributed by atoms with Crippen molar-refractivity contribution in [3.05, 3.63) is 11.6 Å². The molecule has 7 rings (SSSR count). The molecule has 0 aromatic heterocycles. The number of rotatable bonds is 16. The maximum Gasteiger partial charge on any atom is 0.328 e. The molecule has 3 amide bonds. The molecular weight excluding hydrogens is 678 g/mol. The maximum absolute atomic E-state index is 14.1. The minimum atomic E-state index is -0.615. The summed E-state index contributed by atoms with van der Waals surface area (Å²) in [6.07, 6.45) is 10.7. The van der Waals surface area contributed by atoms with Crippen LogP contribution in [0.4, 0.5) is 0 Å². The second-order valence-electron chi connectivity index (χ2n) is 17.7. The Hall–Kier alpha value is -2.83. The monoisotopic (exact) mass is 741 g/mol. The van der Waals surface area contributed by atoms with E-state index in [0.717, 1.165) is 25.7 Å². The van der Waals surface area contributed by atoms with Gasteiger partial charge < -0.3 is 34.5 Å². The molecule has 296 valence electrons. The van der Waals surface area contributed by atoms with Gasteiger partial charge in [0.1, 0.15) is 17.4 Å². The zero-order valence-corrected chi connectivity index (χ0v) is 32.9. The van der Waals surface area contributed by atoms with E-state index in [-0.39, 0.29) is 84.2 Å². The summed E-state index contributed by atoms with van der Waals surface area (Å²) in [6, 6.07) is -0.744. The number of nitrogens with zero attached hydrogens (tertiary/aromatic N) is 1. The Kier molecular flexibility index (Phi) is 11.8. The predicted molar refractivity (Wildman–Crippen MR) is 196 cm³/mol. The van der Waals surface area contributed by atoms with Crippen LogP contribution in [0, 0.1) is 22.7 Å². The summed E-state index contributed by atoms with van der Waals surface area (Å²) in [5.74, 6) is -0.552. The van der Waals surface area contributed by atoms with Gasteiger partial charge in [-0.3, -0.25) is 19.2 Å². The third-order valence-electron chi connectivity index (χ3n) is 13.7. The number of ketones is 1. The van der Waals surface area contributed by atoms with Crippen LogP contribution in [0.15, 0.2) is 11.6 Å². The molecule has 12 nitrogen and oxygen atoms in total. The van der Waals surface area contributed by atoms with Gasteiger partial charge in [0.15, 0.2) is 0 Å². The fraction of sp³-hybridized carbons (Fsp3) is 0.829. The highest BCUT2D eigenvalue weighted by molar-refractivity contribution is 5.89. The van der Waals surface area contributed by atoms with Gasteiger partial charge in [-0.1, -0.05) is 25.5 Å². The Morgan fingerprint density at radius 3 is 2.21 bits per heavy atom. The number of carbonyl (C=O) groups excluding carboxylic acids is 5. The standard InChI is InChI=1S/C41H63N3O9/c1-26(2)10-12-31-38(5,53-31)34-33(50-6)28(14-15-41(34)25-52-41)43-37(49)40-19-16-39(17-20-40,18-21-40)36(48)42-22-8-24-51-35(47)29-9-7-23-44(29)32(46)13-11-30(45)27(3)4/h10,27-29,31,33-34H,7-9,11-25H2,1-6H3,(H,42,48)(H,43,49)/t28-,29-,31-,33-,34-,38-,39?,40?,41+/m1/s1. The molecule has 4 aliphatic carbocycles. The number of Topliss-reactive ketones (excluding diaryl/α,β-unsaturated/α-hetero) is 1. The van der Waals surface area contributed by atoms with E-state index in [0.29, 0.717) is 71.1 Å². The highest BCUT2D eigenvalue weighted by Crippen LogP contribution is 2.60. The molecule has 7 aliphatic rings. The molecule has 4 saturated carbocycles. The molecule has 53 heavy (non-hydrogen) atoms. The first kappa shape index (κ1) is 39.9. The molecule has 3 heterocycles. The fourth-order valence-electron chi connectivity index (χ4n) is 10.0. The van der Waals surface area contributed by atoms with Crippen LogP contribution >= 0.6 is 0 Å². The van der Waals surface area contributed by atoms with Crippen LogP contribution < -0.4 is 10.6 Å². The van der Waals surface area contributed by atoms with Gasteiger partial charge in [0.05, 0.1) is 37.1 Å². The van der Waals surface area contributed by atoms with Gasteiger partial charge >= 0.3 is 5.97 Å². The molecule has 2 N–H and O–H groups in total. The summed E-state index contributed by atoms with van der Waals surface area (Å²) in [4.78, 5) is 66.7. The lowest BCUT2D eigenvalue weighted by atomic mass is 9.53. The molecule has 7 fully saturated rings. The first-order chi connectivity index (χ1) is 25.2. The number of likely N-dealkylation sites (tertiary alicyclic amines) is 1. The van der Waals surface area contributed by atoms with E-state index in [9.17, 15) is 24.0 Å². The van der Waals surface area contributed by atoms with E-state index in [2.05, 4.69) is 37.5 Å². The van der Waals surface area contributed by atoms with Crippen molar-refractivity contribution < 1.29 is 42.9 Å². The van der Waals surface area contributed by atoms with Crippen molar-refractivity contribution in [2.24, 2.45) is 22.7 Å². The van der Waals surface area contributed by atoms with Gasteiger partial charge in [0, 0.05) is 55.7 Å². The second kappa shape index (κ2) is 15.7. The molecule has 0 radical (unpaired) electrons.